The van der Waals surface area contributed by atoms with Crippen molar-refractivity contribution in [2.45, 2.75) is 32.8 Å². The van der Waals surface area contributed by atoms with E-state index in [4.69, 9.17) is 0 Å². The van der Waals surface area contributed by atoms with Crippen molar-refractivity contribution >= 4 is 22.4 Å². The molecule has 0 aliphatic rings. The summed E-state index contributed by atoms with van der Waals surface area (Å²) in [6.07, 6.45) is 0.0949. The Morgan fingerprint density at radius 3 is 2.70 bits per heavy atom. The fourth-order valence-electron chi connectivity index (χ4n) is 1.95. The van der Waals surface area contributed by atoms with E-state index >= 15 is 0 Å². The zero-order valence-corrected chi connectivity index (χ0v) is 12.4. The number of aliphatic hydroxyl groups excluding tert-OH is 1. The number of aromatic nitrogens is 1. The van der Waals surface area contributed by atoms with Gasteiger partial charge in [0.15, 0.2) is 5.13 Å². The third-order valence-corrected chi connectivity index (χ3v) is 3.97. The van der Waals surface area contributed by atoms with Crippen molar-refractivity contribution in [1.29, 1.82) is 0 Å². The first-order valence-electron chi connectivity index (χ1n) is 6.59. The Morgan fingerprint density at radius 2 is 2.10 bits per heavy atom. The van der Waals surface area contributed by atoms with Crippen LogP contribution in [0, 0.1) is 6.92 Å². The molecule has 20 heavy (non-hydrogen) atoms. The van der Waals surface area contributed by atoms with E-state index in [0.717, 1.165) is 22.6 Å². The molecule has 2 N–H and O–H groups in total. The number of carbonyl (C=O) groups is 1. The Bertz CT molecular complexity index is 581. The van der Waals surface area contributed by atoms with Gasteiger partial charge >= 0.3 is 0 Å². The second kappa shape index (κ2) is 6.63. The lowest BCUT2D eigenvalue weighted by Crippen LogP contribution is -2.15. The van der Waals surface area contributed by atoms with E-state index < -0.39 is 6.10 Å². The van der Waals surface area contributed by atoms with Crippen LogP contribution in [0.3, 0.4) is 0 Å². The number of hydrogen-bond acceptors (Lipinski definition) is 4. The van der Waals surface area contributed by atoms with E-state index in [2.05, 4.69) is 10.3 Å². The van der Waals surface area contributed by atoms with Gasteiger partial charge in [0.25, 0.3) is 0 Å². The SMILES string of the molecule is CCc1nc(NC(=O)CC(O)c2ccccc2)sc1C. The number of hydrogen-bond donors (Lipinski definition) is 2. The molecule has 1 heterocycles. The summed E-state index contributed by atoms with van der Waals surface area (Å²) in [5.41, 5.74) is 1.75. The Kier molecular flexibility index (Phi) is 4.87. The van der Waals surface area contributed by atoms with E-state index in [9.17, 15) is 9.90 Å². The molecule has 2 rings (SSSR count). The van der Waals surface area contributed by atoms with Crippen LogP contribution in [0.4, 0.5) is 5.13 Å². The number of anilines is 1. The molecule has 2 aromatic rings. The number of thiazole rings is 1. The number of rotatable bonds is 5. The highest BCUT2D eigenvalue weighted by Gasteiger charge is 2.14. The van der Waals surface area contributed by atoms with Gasteiger partial charge < -0.3 is 10.4 Å². The summed E-state index contributed by atoms with van der Waals surface area (Å²) in [5.74, 6) is -0.224. The zero-order chi connectivity index (χ0) is 14.5. The normalized spacial score (nSPS) is 12.2. The number of aliphatic hydroxyl groups is 1. The lowest BCUT2D eigenvalue weighted by Gasteiger charge is -2.09. The van der Waals surface area contributed by atoms with Crippen molar-refractivity contribution in [2.24, 2.45) is 0 Å². The van der Waals surface area contributed by atoms with E-state index in [1.165, 1.54) is 11.3 Å². The average Bonchev–Trinajstić information content (AvgIpc) is 2.79. The summed E-state index contributed by atoms with van der Waals surface area (Å²) in [6, 6.07) is 9.17. The van der Waals surface area contributed by atoms with Gasteiger partial charge in [0.2, 0.25) is 5.91 Å². The first-order valence-corrected chi connectivity index (χ1v) is 7.41. The van der Waals surface area contributed by atoms with Crippen LogP contribution >= 0.6 is 11.3 Å². The lowest BCUT2D eigenvalue weighted by atomic mass is 10.1. The van der Waals surface area contributed by atoms with E-state index in [-0.39, 0.29) is 12.3 Å². The van der Waals surface area contributed by atoms with Gasteiger partial charge in [-0.05, 0) is 18.9 Å². The Labute approximate surface area is 122 Å². The van der Waals surface area contributed by atoms with Gasteiger partial charge in [-0.15, -0.1) is 11.3 Å². The van der Waals surface area contributed by atoms with Gasteiger partial charge in [-0.2, -0.15) is 0 Å². The highest BCUT2D eigenvalue weighted by atomic mass is 32.1. The van der Waals surface area contributed by atoms with Gasteiger partial charge in [-0.25, -0.2) is 4.98 Å². The Balaban J connectivity index is 1.95. The molecule has 1 atom stereocenters. The maximum atomic E-state index is 11.9. The van der Waals surface area contributed by atoms with Crippen molar-refractivity contribution in [3.05, 3.63) is 46.5 Å². The summed E-state index contributed by atoms with van der Waals surface area (Å²) in [5, 5.41) is 13.3. The quantitative estimate of drug-likeness (QED) is 0.889. The van der Waals surface area contributed by atoms with Crippen LogP contribution < -0.4 is 5.32 Å². The molecule has 106 valence electrons. The fourth-order valence-corrected chi connectivity index (χ4v) is 2.87. The van der Waals surface area contributed by atoms with Gasteiger partial charge in [-0.1, -0.05) is 37.3 Å². The molecule has 0 saturated carbocycles. The number of amides is 1. The van der Waals surface area contributed by atoms with Crippen LogP contribution in [-0.4, -0.2) is 16.0 Å². The van der Waals surface area contributed by atoms with E-state index in [0.29, 0.717) is 5.13 Å². The molecule has 1 unspecified atom stereocenters. The van der Waals surface area contributed by atoms with Crippen molar-refractivity contribution in [3.63, 3.8) is 0 Å². The predicted molar refractivity (Wildman–Crippen MR) is 80.9 cm³/mol. The van der Waals surface area contributed by atoms with Crippen molar-refractivity contribution in [2.75, 3.05) is 5.32 Å². The first kappa shape index (κ1) is 14.7. The molecule has 0 aliphatic heterocycles. The second-order valence-corrected chi connectivity index (χ2v) is 5.76. The lowest BCUT2D eigenvalue weighted by molar-refractivity contribution is -0.118. The molecule has 1 amide bonds. The van der Waals surface area contributed by atoms with Crippen molar-refractivity contribution in [3.8, 4) is 0 Å². The summed E-state index contributed by atoms with van der Waals surface area (Å²) >= 11 is 1.47. The van der Waals surface area contributed by atoms with Crippen LogP contribution in [0.15, 0.2) is 30.3 Å². The number of nitrogens with zero attached hydrogens (tertiary/aromatic N) is 1. The smallest absolute Gasteiger partial charge is 0.229 e. The summed E-state index contributed by atoms with van der Waals surface area (Å²) < 4.78 is 0. The van der Waals surface area contributed by atoms with Gasteiger partial charge in [-0.3, -0.25) is 4.79 Å². The van der Waals surface area contributed by atoms with E-state index in [1.54, 1.807) is 12.1 Å². The molecule has 5 heteroatoms. The van der Waals surface area contributed by atoms with Gasteiger partial charge in [0.1, 0.15) is 0 Å². The minimum atomic E-state index is -0.789. The zero-order valence-electron chi connectivity index (χ0n) is 11.6. The molecule has 1 aromatic carbocycles. The fraction of sp³-hybridized carbons (Fsp3) is 0.333. The minimum absolute atomic E-state index is 0.0318. The molecule has 0 aliphatic carbocycles. The molecule has 4 nitrogen and oxygen atoms in total. The minimum Gasteiger partial charge on any atom is -0.388 e. The highest BCUT2D eigenvalue weighted by Crippen LogP contribution is 2.23. The van der Waals surface area contributed by atoms with Crippen LogP contribution in [0.2, 0.25) is 0 Å². The monoisotopic (exact) mass is 290 g/mol. The van der Waals surface area contributed by atoms with Crippen molar-refractivity contribution < 1.29 is 9.90 Å². The number of carbonyl (C=O) groups excluding carboxylic acids is 1. The molecule has 0 fully saturated rings. The maximum absolute atomic E-state index is 11.9. The van der Waals surface area contributed by atoms with Gasteiger partial charge in [0.05, 0.1) is 18.2 Å². The highest BCUT2D eigenvalue weighted by molar-refractivity contribution is 7.15. The molecule has 1 aromatic heterocycles. The third kappa shape index (κ3) is 3.65. The Hall–Kier alpha value is -1.72. The maximum Gasteiger partial charge on any atom is 0.229 e. The van der Waals surface area contributed by atoms with Crippen molar-refractivity contribution in [1.82, 2.24) is 4.98 Å². The third-order valence-electron chi connectivity index (χ3n) is 3.04. The Morgan fingerprint density at radius 1 is 1.40 bits per heavy atom. The predicted octanol–water partition coefficient (Wildman–Crippen LogP) is 3.08. The molecular weight excluding hydrogens is 272 g/mol. The van der Waals surface area contributed by atoms with Crippen LogP contribution in [0.1, 0.15) is 35.6 Å². The van der Waals surface area contributed by atoms with Gasteiger partial charge in [0, 0.05) is 4.88 Å². The average molecular weight is 290 g/mol. The van der Waals surface area contributed by atoms with E-state index in [1.807, 2.05) is 32.0 Å². The molecule has 0 spiro atoms. The second-order valence-electron chi connectivity index (χ2n) is 4.55. The van der Waals surface area contributed by atoms with Crippen LogP contribution in [-0.2, 0) is 11.2 Å². The molecule has 0 bridgehead atoms. The number of benzene rings is 1. The standard InChI is InChI=1S/C15H18N2O2S/c1-3-12-10(2)20-15(16-12)17-14(19)9-13(18)11-7-5-4-6-8-11/h4-8,13,18H,3,9H2,1-2H3,(H,16,17,19). The first-order chi connectivity index (χ1) is 9.60. The molecular formula is C15H18N2O2S. The van der Waals surface area contributed by atoms with Crippen LogP contribution in [0.25, 0.3) is 0 Å². The molecule has 0 radical (unpaired) electrons. The summed E-state index contributed by atoms with van der Waals surface area (Å²) in [6.45, 7) is 4.03. The topological polar surface area (TPSA) is 62.2 Å². The van der Waals surface area contributed by atoms with Crippen LogP contribution in [0.5, 0.6) is 0 Å². The number of nitrogens with one attached hydrogen (secondary N) is 1. The number of aryl methyl sites for hydroxylation is 2. The summed E-state index contributed by atoms with van der Waals surface area (Å²) in [7, 11) is 0. The summed E-state index contributed by atoms with van der Waals surface area (Å²) in [4.78, 5) is 17.4. The largest absolute Gasteiger partial charge is 0.388 e. The molecule has 0 saturated heterocycles.